The van der Waals surface area contributed by atoms with E-state index in [0.29, 0.717) is 30.3 Å². The zero-order chi connectivity index (χ0) is 19.0. The molecule has 28 heavy (non-hydrogen) atoms. The Labute approximate surface area is 162 Å². The van der Waals surface area contributed by atoms with E-state index in [1.807, 2.05) is 30.3 Å². The van der Waals surface area contributed by atoms with Crippen molar-refractivity contribution < 1.29 is 19.1 Å². The molecule has 0 radical (unpaired) electrons. The number of nitrogens with zero attached hydrogens (tertiary/aromatic N) is 2. The van der Waals surface area contributed by atoms with Gasteiger partial charge < -0.3 is 14.4 Å². The Morgan fingerprint density at radius 1 is 1.18 bits per heavy atom. The molecule has 3 aliphatic heterocycles. The highest BCUT2D eigenvalue weighted by Gasteiger charge is 2.64. The van der Waals surface area contributed by atoms with Crippen LogP contribution in [0.4, 0.5) is 0 Å². The van der Waals surface area contributed by atoms with Gasteiger partial charge in [0.1, 0.15) is 6.04 Å². The molecule has 1 saturated carbocycles. The van der Waals surface area contributed by atoms with E-state index >= 15 is 0 Å². The molecule has 0 N–H and O–H groups in total. The maximum Gasteiger partial charge on any atom is 0.231 e. The number of aromatic nitrogens is 1. The molecule has 6 rings (SSSR count). The van der Waals surface area contributed by atoms with Crippen molar-refractivity contribution in [3.05, 3.63) is 53.3 Å². The first-order chi connectivity index (χ1) is 13.6. The molecule has 0 bridgehead atoms. The van der Waals surface area contributed by atoms with Crippen LogP contribution in [-0.2, 0) is 16.0 Å². The number of rotatable bonds is 1. The van der Waals surface area contributed by atoms with Gasteiger partial charge >= 0.3 is 0 Å². The molecule has 1 aromatic carbocycles. The molecule has 4 atom stereocenters. The minimum absolute atomic E-state index is 0.0490. The van der Waals surface area contributed by atoms with Crippen molar-refractivity contribution in [3.63, 3.8) is 0 Å². The largest absolute Gasteiger partial charge is 0.454 e. The molecule has 2 aromatic rings. The highest BCUT2D eigenvalue weighted by atomic mass is 16.7. The topological polar surface area (TPSA) is 68.7 Å². The van der Waals surface area contributed by atoms with Crippen LogP contribution in [0.2, 0.25) is 0 Å². The lowest BCUT2D eigenvalue weighted by atomic mass is 9.76. The number of carbonyl (C=O) groups is 2. The summed E-state index contributed by atoms with van der Waals surface area (Å²) >= 11 is 0. The van der Waals surface area contributed by atoms with E-state index in [1.54, 1.807) is 11.1 Å². The third-order valence-corrected chi connectivity index (χ3v) is 6.93. The van der Waals surface area contributed by atoms with E-state index in [0.717, 1.165) is 23.2 Å². The molecular weight excluding hydrogens is 356 g/mol. The lowest BCUT2D eigenvalue weighted by Gasteiger charge is -2.46. The summed E-state index contributed by atoms with van der Waals surface area (Å²) < 4.78 is 11.0. The fraction of sp³-hybridized carbons (Fsp3) is 0.409. The van der Waals surface area contributed by atoms with Gasteiger partial charge in [-0.3, -0.25) is 14.6 Å². The normalized spacial score (nSPS) is 32.3. The second-order valence-corrected chi connectivity index (χ2v) is 8.39. The summed E-state index contributed by atoms with van der Waals surface area (Å²) in [5.41, 5.74) is 2.35. The summed E-state index contributed by atoms with van der Waals surface area (Å²) in [6.07, 6.45) is 3.44. The molecule has 4 aliphatic rings. The van der Waals surface area contributed by atoms with Crippen LogP contribution in [0.15, 0.2) is 36.5 Å². The van der Waals surface area contributed by atoms with Crippen molar-refractivity contribution in [2.45, 2.75) is 38.3 Å². The number of carbonyl (C=O) groups excluding carboxylic acids is 2. The van der Waals surface area contributed by atoms with Crippen molar-refractivity contribution >= 4 is 11.7 Å². The number of ketones is 1. The second-order valence-electron chi connectivity index (χ2n) is 8.39. The Balaban J connectivity index is 1.51. The van der Waals surface area contributed by atoms with E-state index in [2.05, 4.69) is 11.9 Å². The quantitative estimate of drug-likeness (QED) is 0.765. The molecule has 4 heterocycles. The number of hydrogen-bond acceptors (Lipinski definition) is 5. The molecular formula is C22H20N2O4. The number of amides is 1. The number of hydrogen-bond donors (Lipinski definition) is 0. The average Bonchev–Trinajstić information content (AvgIpc) is 3.12. The van der Waals surface area contributed by atoms with Gasteiger partial charge in [-0.25, -0.2) is 0 Å². The number of fused-ring (bicyclic) bond motifs is 3. The Bertz CT molecular complexity index is 1030. The molecule has 1 aliphatic carbocycles. The third-order valence-electron chi connectivity index (χ3n) is 6.93. The van der Waals surface area contributed by atoms with E-state index in [1.165, 1.54) is 0 Å². The van der Waals surface area contributed by atoms with Gasteiger partial charge in [-0.2, -0.15) is 0 Å². The van der Waals surface area contributed by atoms with Gasteiger partial charge in [-0.05, 0) is 41.7 Å². The summed E-state index contributed by atoms with van der Waals surface area (Å²) in [7, 11) is 0. The van der Waals surface area contributed by atoms with Gasteiger partial charge in [-0.15, -0.1) is 0 Å². The summed E-state index contributed by atoms with van der Waals surface area (Å²) in [4.78, 5) is 33.1. The SMILES string of the molecule is CC1CC12CC(=O)N1[C@H](c3ccc4c(c3)OCO4)c3ncccc3C[C@@H]1C2=O. The number of Topliss-reactive ketones (excluding diaryl/α,β-unsaturated/α-hetero) is 1. The van der Waals surface area contributed by atoms with Gasteiger partial charge in [0.15, 0.2) is 17.3 Å². The predicted molar refractivity (Wildman–Crippen MR) is 98.8 cm³/mol. The first kappa shape index (κ1) is 16.1. The van der Waals surface area contributed by atoms with E-state index < -0.39 is 11.5 Å². The summed E-state index contributed by atoms with van der Waals surface area (Å²) in [6, 6.07) is 8.84. The van der Waals surface area contributed by atoms with Gasteiger partial charge in [0.25, 0.3) is 0 Å². The van der Waals surface area contributed by atoms with Crippen LogP contribution in [0.5, 0.6) is 11.5 Å². The minimum atomic E-state index is -0.433. The molecule has 142 valence electrons. The first-order valence-electron chi connectivity index (χ1n) is 9.77. The first-order valence-corrected chi connectivity index (χ1v) is 9.77. The Hall–Kier alpha value is -2.89. The van der Waals surface area contributed by atoms with E-state index in [-0.39, 0.29) is 24.5 Å². The lowest BCUT2D eigenvalue weighted by molar-refractivity contribution is -0.153. The Kier molecular flexibility index (Phi) is 3.07. The van der Waals surface area contributed by atoms with Crippen LogP contribution in [0.1, 0.15) is 42.6 Å². The maximum absolute atomic E-state index is 13.4. The Morgan fingerprint density at radius 3 is 2.82 bits per heavy atom. The van der Waals surface area contributed by atoms with Gasteiger partial charge in [-0.1, -0.05) is 19.1 Å². The smallest absolute Gasteiger partial charge is 0.231 e. The second kappa shape index (κ2) is 5.34. The van der Waals surface area contributed by atoms with Crippen LogP contribution in [0.3, 0.4) is 0 Å². The lowest BCUT2D eigenvalue weighted by Crippen LogP contribution is -2.58. The van der Waals surface area contributed by atoms with Crippen molar-refractivity contribution in [3.8, 4) is 11.5 Å². The van der Waals surface area contributed by atoms with Crippen LogP contribution in [-0.4, -0.2) is 34.4 Å². The number of piperidine rings is 1. The molecule has 1 spiro atoms. The highest BCUT2D eigenvalue weighted by molar-refractivity contribution is 6.02. The molecule has 6 nitrogen and oxygen atoms in total. The van der Waals surface area contributed by atoms with Crippen molar-refractivity contribution in [1.29, 1.82) is 0 Å². The van der Waals surface area contributed by atoms with Crippen LogP contribution in [0, 0.1) is 11.3 Å². The maximum atomic E-state index is 13.4. The van der Waals surface area contributed by atoms with E-state index in [4.69, 9.17) is 9.47 Å². The van der Waals surface area contributed by atoms with Gasteiger partial charge in [0.2, 0.25) is 12.7 Å². The standard InChI is InChI=1S/C22H20N2O4/c1-12-9-22(12)10-18(25)24-15(21(22)26)7-13-3-2-6-23-19(13)20(24)14-4-5-16-17(8-14)28-11-27-16/h2-6,8,12,15,20H,7,9-11H2,1H3/t12?,15-,20-,22?/m1/s1. The highest BCUT2D eigenvalue weighted by Crippen LogP contribution is 2.60. The fourth-order valence-corrected chi connectivity index (χ4v) is 5.28. The summed E-state index contributed by atoms with van der Waals surface area (Å²) in [6.45, 7) is 2.27. The zero-order valence-electron chi connectivity index (χ0n) is 15.6. The number of benzene rings is 1. The van der Waals surface area contributed by atoms with Crippen LogP contribution in [0.25, 0.3) is 0 Å². The summed E-state index contributed by atoms with van der Waals surface area (Å²) in [5.74, 6) is 1.93. The van der Waals surface area contributed by atoms with E-state index in [9.17, 15) is 9.59 Å². The minimum Gasteiger partial charge on any atom is -0.454 e. The predicted octanol–water partition coefficient (Wildman–Crippen LogP) is 2.65. The molecule has 1 aromatic heterocycles. The van der Waals surface area contributed by atoms with Gasteiger partial charge in [0, 0.05) is 24.5 Å². The van der Waals surface area contributed by atoms with Crippen LogP contribution < -0.4 is 9.47 Å². The molecule has 2 fully saturated rings. The van der Waals surface area contributed by atoms with Crippen molar-refractivity contribution in [2.75, 3.05) is 6.79 Å². The van der Waals surface area contributed by atoms with Crippen molar-refractivity contribution in [2.24, 2.45) is 11.3 Å². The zero-order valence-corrected chi connectivity index (χ0v) is 15.6. The van der Waals surface area contributed by atoms with Crippen LogP contribution >= 0.6 is 0 Å². The van der Waals surface area contributed by atoms with Crippen molar-refractivity contribution in [1.82, 2.24) is 9.88 Å². The third kappa shape index (κ3) is 2.00. The molecule has 1 amide bonds. The van der Waals surface area contributed by atoms with Gasteiger partial charge in [0.05, 0.1) is 11.7 Å². The number of ether oxygens (including phenoxy) is 2. The Morgan fingerprint density at radius 2 is 2.00 bits per heavy atom. The molecule has 6 heteroatoms. The molecule has 1 saturated heterocycles. The number of pyridine rings is 1. The molecule has 2 unspecified atom stereocenters. The fourth-order valence-electron chi connectivity index (χ4n) is 5.28. The summed E-state index contributed by atoms with van der Waals surface area (Å²) in [5, 5.41) is 0. The monoisotopic (exact) mass is 376 g/mol. The average molecular weight is 376 g/mol.